The number of nitrogens with zero attached hydrogens (tertiary/aromatic N) is 2. The first-order valence-electron chi connectivity index (χ1n) is 10.1. The van der Waals surface area contributed by atoms with Crippen molar-refractivity contribution in [3.8, 4) is 5.75 Å². The molecule has 3 N–H and O–H groups in total. The number of hydrogen-bond acceptors (Lipinski definition) is 4. The Labute approximate surface area is 165 Å². The van der Waals surface area contributed by atoms with Crippen LogP contribution >= 0.6 is 0 Å². The molecule has 0 spiro atoms. The molecule has 27 heavy (non-hydrogen) atoms. The molecule has 2 unspecified atom stereocenters. The number of likely N-dealkylation sites (N-methyl/N-ethyl adjacent to an activating group) is 1. The molecule has 6 heteroatoms. The van der Waals surface area contributed by atoms with Gasteiger partial charge in [0.2, 0.25) is 0 Å². The van der Waals surface area contributed by atoms with Crippen molar-refractivity contribution < 1.29 is 9.84 Å². The Morgan fingerprint density at radius 2 is 1.70 bits per heavy atom. The molecule has 0 fully saturated rings. The SMILES string of the molecule is CCNC(=NCC(C)N(CC)CC)NCC(O)c1ccc(OC(C)C)cc1. The summed E-state index contributed by atoms with van der Waals surface area (Å²) in [7, 11) is 0. The highest BCUT2D eigenvalue weighted by Gasteiger charge is 2.11. The summed E-state index contributed by atoms with van der Waals surface area (Å²) in [5, 5.41) is 16.9. The van der Waals surface area contributed by atoms with Crippen LogP contribution in [0.15, 0.2) is 29.3 Å². The average molecular weight is 379 g/mol. The molecule has 0 aliphatic heterocycles. The van der Waals surface area contributed by atoms with E-state index in [0.29, 0.717) is 19.1 Å². The Kier molecular flexibility index (Phi) is 10.8. The fraction of sp³-hybridized carbons (Fsp3) is 0.667. The number of nitrogens with one attached hydrogen (secondary N) is 2. The van der Waals surface area contributed by atoms with Gasteiger partial charge in [0.15, 0.2) is 5.96 Å². The van der Waals surface area contributed by atoms with Crippen molar-refractivity contribution in [1.29, 1.82) is 0 Å². The van der Waals surface area contributed by atoms with Gasteiger partial charge in [0.05, 0.1) is 18.8 Å². The summed E-state index contributed by atoms with van der Waals surface area (Å²) in [5.74, 6) is 1.55. The molecule has 2 atom stereocenters. The van der Waals surface area contributed by atoms with Crippen LogP contribution in [0.5, 0.6) is 5.75 Å². The second-order valence-corrected chi connectivity index (χ2v) is 6.92. The molecular weight excluding hydrogens is 340 g/mol. The summed E-state index contributed by atoms with van der Waals surface area (Å²) in [6, 6.07) is 7.97. The molecule has 0 bridgehead atoms. The zero-order valence-electron chi connectivity index (χ0n) is 17.8. The standard InChI is InChI=1S/C21H38N4O2/c1-7-22-21(23-14-17(6)25(8-2)9-3)24-15-20(26)18-10-12-19(13-11-18)27-16(4)5/h10-13,16-17,20,26H,7-9,14-15H2,1-6H3,(H2,22,23,24). The van der Waals surface area contributed by atoms with Crippen LogP contribution in [-0.4, -0.2) is 60.8 Å². The number of aliphatic imine (C=N–C) groups is 1. The molecule has 0 amide bonds. The van der Waals surface area contributed by atoms with Crippen LogP contribution in [0.3, 0.4) is 0 Å². The first-order chi connectivity index (χ1) is 12.9. The minimum Gasteiger partial charge on any atom is -0.491 e. The minimum atomic E-state index is -0.609. The van der Waals surface area contributed by atoms with Gasteiger partial charge in [0.1, 0.15) is 5.75 Å². The zero-order valence-corrected chi connectivity index (χ0v) is 17.8. The molecule has 154 valence electrons. The first-order valence-corrected chi connectivity index (χ1v) is 10.1. The van der Waals surface area contributed by atoms with Gasteiger partial charge in [-0.2, -0.15) is 0 Å². The summed E-state index contributed by atoms with van der Waals surface area (Å²) in [5.41, 5.74) is 0.853. The number of ether oxygens (including phenoxy) is 1. The third-order valence-electron chi connectivity index (χ3n) is 4.39. The number of aliphatic hydroxyl groups excluding tert-OH is 1. The minimum absolute atomic E-state index is 0.139. The van der Waals surface area contributed by atoms with Crippen LogP contribution in [0.4, 0.5) is 0 Å². The Balaban J connectivity index is 2.60. The van der Waals surface area contributed by atoms with Gasteiger partial charge in [-0.05, 0) is 58.5 Å². The van der Waals surface area contributed by atoms with Crippen molar-refractivity contribution in [2.45, 2.75) is 59.8 Å². The van der Waals surface area contributed by atoms with Crippen molar-refractivity contribution in [2.75, 3.05) is 32.7 Å². The monoisotopic (exact) mass is 378 g/mol. The molecule has 1 rings (SSSR count). The van der Waals surface area contributed by atoms with E-state index < -0.39 is 6.10 Å². The molecule has 0 radical (unpaired) electrons. The molecule has 1 aromatic rings. The van der Waals surface area contributed by atoms with E-state index in [9.17, 15) is 5.11 Å². The predicted molar refractivity (Wildman–Crippen MR) is 114 cm³/mol. The maximum absolute atomic E-state index is 10.5. The number of aliphatic hydroxyl groups is 1. The van der Waals surface area contributed by atoms with E-state index in [1.54, 1.807) is 0 Å². The molecule has 0 saturated heterocycles. The van der Waals surface area contributed by atoms with Gasteiger partial charge < -0.3 is 20.5 Å². The molecule has 0 aliphatic rings. The molecule has 0 aromatic heterocycles. The van der Waals surface area contributed by atoms with E-state index in [0.717, 1.165) is 36.9 Å². The highest BCUT2D eigenvalue weighted by Crippen LogP contribution is 2.18. The van der Waals surface area contributed by atoms with Crippen LogP contribution in [0.2, 0.25) is 0 Å². The number of hydrogen-bond donors (Lipinski definition) is 3. The van der Waals surface area contributed by atoms with E-state index >= 15 is 0 Å². The average Bonchev–Trinajstić information content (AvgIpc) is 2.64. The Morgan fingerprint density at radius 3 is 2.22 bits per heavy atom. The molecule has 1 aromatic carbocycles. The van der Waals surface area contributed by atoms with E-state index in [2.05, 4.69) is 41.3 Å². The first kappa shape index (κ1) is 23.2. The van der Waals surface area contributed by atoms with Crippen molar-refractivity contribution in [1.82, 2.24) is 15.5 Å². The van der Waals surface area contributed by atoms with Crippen molar-refractivity contribution >= 4 is 5.96 Å². The summed E-state index contributed by atoms with van der Waals surface area (Å²) in [4.78, 5) is 7.04. The lowest BCUT2D eigenvalue weighted by atomic mass is 10.1. The highest BCUT2D eigenvalue weighted by molar-refractivity contribution is 5.79. The summed E-state index contributed by atoms with van der Waals surface area (Å²) in [6.45, 7) is 16.5. The van der Waals surface area contributed by atoms with E-state index in [4.69, 9.17) is 4.74 Å². The Morgan fingerprint density at radius 1 is 1.07 bits per heavy atom. The topological polar surface area (TPSA) is 69.1 Å². The summed E-state index contributed by atoms with van der Waals surface area (Å²) < 4.78 is 5.64. The normalized spacial score (nSPS) is 14.3. The maximum Gasteiger partial charge on any atom is 0.191 e. The quantitative estimate of drug-likeness (QED) is 0.408. The summed E-state index contributed by atoms with van der Waals surface area (Å²) >= 11 is 0. The third kappa shape index (κ3) is 8.63. The molecule has 6 nitrogen and oxygen atoms in total. The third-order valence-corrected chi connectivity index (χ3v) is 4.39. The van der Waals surface area contributed by atoms with Gasteiger partial charge in [0.25, 0.3) is 0 Å². The lowest BCUT2D eigenvalue weighted by molar-refractivity contribution is 0.180. The van der Waals surface area contributed by atoms with Crippen LogP contribution in [0.25, 0.3) is 0 Å². The number of guanidine groups is 1. The van der Waals surface area contributed by atoms with Crippen molar-refractivity contribution in [3.05, 3.63) is 29.8 Å². The van der Waals surface area contributed by atoms with Crippen LogP contribution in [-0.2, 0) is 0 Å². The van der Waals surface area contributed by atoms with E-state index in [-0.39, 0.29) is 6.10 Å². The van der Waals surface area contributed by atoms with Gasteiger partial charge in [0, 0.05) is 19.1 Å². The van der Waals surface area contributed by atoms with Gasteiger partial charge >= 0.3 is 0 Å². The van der Waals surface area contributed by atoms with Gasteiger partial charge in [-0.25, -0.2) is 0 Å². The van der Waals surface area contributed by atoms with Gasteiger partial charge in [-0.15, -0.1) is 0 Å². The van der Waals surface area contributed by atoms with Crippen LogP contribution in [0.1, 0.15) is 53.2 Å². The zero-order chi connectivity index (χ0) is 20.2. The lowest BCUT2D eigenvalue weighted by Gasteiger charge is -2.25. The Hall–Kier alpha value is -1.79. The maximum atomic E-state index is 10.5. The van der Waals surface area contributed by atoms with Crippen LogP contribution in [0, 0.1) is 0 Å². The summed E-state index contributed by atoms with van der Waals surface area (Å²) in [6.07, 6.45) is -0.470. The molecular formula is C21H38N4O2. The van der Waals surface area contributed by atoms with Crippen molar-refractivity contribution in [3.63, 3.8) is 0 Å². The number of rotatable bonds is 11. The van der Waals surface area contributed by atoms with Gasteiger partial charge in [-0.3, -0.25) is 9.89 Å². The smallest absolute Gasteiger partial charge is 0.191 e. The lowest BCUT2D eigenvalue weighted by Crippen LogP contribution is -2.41. The predicted octanol–water partition coefficient (Wildman–Crippen LogP) is 2.79. The van der Waals surface area contributed by atoms with Crippen molar-refractivity contribution in [2.24, 2.45) is 4.99 Å². The molecule has 0 heterocycles. The van der Waals surface area contributed by atoms with Gasteiger partial charge in [-0.1, -0.05) is 26.0 Å². The molecule has 0 aliphatic carbocycles. The van der Waals surface area contributed by atoms with E-state index in [1.807, 2.05) is 45.0 Å². The van der Waals surface area contributed by atoms with E-state index in [1.165, 1.54) is 0 Å². The second kappa shape index (κ2) is 12.6. The second-order valence-electron chi connectivity index (χ2n) is 6.92. The van der Waals surface area contributed by atoms with Crippen LogP contribution < -0.4 is 15.4 Å². The fourth-order valence-corrected chi connectivity index (χ4v) is 2.88. The fourth-order valence-electron chi connectivity index (χ4n) is 2.88. The highest BCUT2D eigenvalue weighted by atomic mass is 16.5. The number of benzene rings is 1. The largest absolute Gasteiger partial charge is 0.491 e. The Bertz CT molecular complexity index is 542. The molecule has 0 saturated carbocycles.